The van der Waals surface area contributed by atoms with Gasteiger partial charge in [0.15, 0.2) is 0 Å². The third-order valence-corrected chi connectivity index (χ3v) is 6.12. The van der Waals surface area contributed by atoms with Crippen LogP contribution >= 0.6 is 0 Å². The smallest absolute Gasteiger partial charge is 0.254 e. The first kappa shape index (κ1) is 18.0. The molecule has 0 unspecified atom stereocenters. The molecule has 1 aliphatic carbocycles. The van der Waals surface area contributed by atoms with E-state index in [2.05, 4.69) is 30.9 Å². The van der Waals surface area contributed by atoms with Crippen LogP contribution in [0.4, 0.5) is 0 Å². The lowest BCUT2D eigenvalue weighted by Gasteiger charge is -2.48. The molecule has 2 aliphatic heterocycles. The Labute approximate surface area is 157 Å². The van der Waals surface area contributed by atoms with Gasteiger partial charge in [0.25, 0.3) is 5.91 Å². The van der Waals surface area contributed by atoms with Crippen LogP contribution in [0.15, 0.2) is 24.3 Å². The topological polar surface area (TPSA) is 32.8 Å². The number of ether oxygens (including phenoxy) is 1. The van der Waals surface area contributed by atoms with Crippen LogP contribution in [0, 0.1) is 0 Å². The highest BCUT2D eigenvalue weighted by molar-refractivity contribution is 5.94. The second-order valence-electron chi connectivity index (χ2n) is 9.10. The van der Waals surface area contributed by atoms with E-state index in [1.165, 1.54) is 44.3 Å². The molecule has 142 valence electrons. The van der Waals surface area contributed by atoms with E-state index in [4.69, 9.17) is 4.74 Å². The van der Waals surface area contributed by atoms with Crippen LogP contribution in [-0.2, 0) is 11.3 Å². The van der Waals surface area contributed by atoms with Crippen LogP contribution in [0.25, 0.3) is 0 Å². The van der Waals surface area contributed by atoms with E-state index in [1.807, 2.05) is 17.0 Å². The van der Waals surface area contributed by atoms with Gasteiger partial charge in [-0.25, -0.2) is 0 Å². The molecule has 4 heteroatoms. The second kappa shape index (κ2) is 6.97. The molecule has 0 N–H and O–H groups in total. The maximum Gasteiger partial charge on any atom is 0.254 e. The minimum atomic E-state index is -0.272. The number of benzene rings is 1. The maximum absolute atomic E-state index is 13.3. The molecule has 4 rings (SSSR count). The van der Waals surface area contributed by atoms with Crippen molar-refractivity contribution in [1.29, 1.82) is 0 Å². The van der Waals surface area contributed by atoms with Crippen LogP contribution in [0.5, 0.6) is 0 Å². The fourth-order valence-corrected chi connectivity index (χ4v) is 5.12. The Balaban J connectivity index is 1.51. The monoisotopic (exact) mass is 356 g/mol. The molecular weight excluding hydrogens is 324 g/mol. The van der Waals surface area contributed by atoms with Gasteiger partial charge in [0.1, 0.15) is 0 Å². The number of rotatable bonds is 3. The Hall–Kier alpha value is -1.39. The fraction of sp³-hybridized carbons (Fsp3) is 0.682. The number of carbonyl (C=O) groups is 1. The molecule has 1 aromatic rings. The third kappa shape index (κ3) is 3.81. The molecule has 0 radical (unpaired) electrons. The molecule has 4 nitrogen and oxygen atoms in total. The maximum atomic E-state index is 13.3. The molecule has 1 amide bonds. The van der Waals surface area contributed by atoms with Crippen LogP contribution in [0.2, 0.25) is 0 Å². The molecular formula is C22H32N2O2. The quantitative estimate of drug-likeness (QED) is 0.825. The van der Waals surface area contributed by atoms with Gasteiger partial charge in [-0.15, -0.1) is 0 Å². The number of morpholine rings is 1. The van der Waals surface area contributed by atoms with Crippen molar-refractivity contribution < 1.29 is 9.53 Å². The molecule has 26 heavy (non-hydrogen) atoms. The Morgan fingerprint density at radius 1 is 1.08 bits per heavy atom. The molecule has 1 aromatic carbocycles. The zero-order valence-electron chi connectivity index (χ0n) is 16.3. The van der Waals surface area contributed by atoms with Crippen LogP contribution in [0.3, 0.4) is 0 Å². The second-order valence-corrected chi connectivity index (χ2v) is 9.10. The van der Waals surface area contributed by atoms with Crippen molar-refractivity contribution in [3.8, 4) is 0 Å². The molecule has 2 saturated heterocycles. The summed E-state index contributed by atoms with van der Waals surface area (Å²) >= 11 is 0. The summed E-state index contributed by atoms with van der Waals surface area (Å²) in [5, 5.41) is 0. The van der Waals surface area contributed by atoms with E-state index in [0.29, 0.717) is 6.54 Å². The number of nitrogens with zero attached hydrogens (tertiary/aromatic N) is 2. The molecule has 1 spiro atoms. The normalized spacial score (nSPS) is 25.1. The molecule has 0 atom stereocenters. The van der Waals surface area contributed by atoms with Gasteiger partial charge in [0.2, 0.25) is 0 Å². The molecule has 0 aromatic heterocycles. The zero-order chi connectivity index (χ0) is 18.2. The summed E-state index contributed by atoms with van der Waals surface area (Å²) in [5.74, 6) is 0.163. The summed E-state index contributed by atoms with van der Waals surface area (Å²) < 4.78 is 6.45. The summed E-state index contributed by atoms with van der Waals surface area (Å²) in [6.07, 6.45) is 7.17. The van der Waals surface area contributed by atoms with Gasteiger partial charge in [0.05, 0.1) is 17.7 Å². The van der Waals surface area contributed by atoms with Crippen LogP contribution in [0.1, 0.15) is 68.3 Å². The largest absolute Gasteiger partial charge is 0.365 e. The first-order valence-corrected chi connectivity index (χ1v) is 10.3. The summed E-state index contributed by atoms with van der Waals surface area (Å²) in [6.45, 7) is 8.97. The van der Waals surface area contributed by atoms with Crippen molar-refractivity contribution in [3.05, 3.63) is 35.4 Å². The molecule has 3 aliphatic rings. The van der Waals surface area contributed by atoms with E-state index in [-0.39, 0.29) is 17.1 Å². The summed E-state index contributed by atoms with van der Waals surface area (Å²) in [5.41, 5.74) is 1.68. The van der Waals surface area contributed by atoms with E-state index < -0.39 is 0 Å². The highest BCUT2D eigenvalue weighted by Gasteiger charge is 2.47. The first-order chi connectivity index (χ1) is 12.4. The highest BCUT2D eigenvalue weighted by atomic mass is 16.5. The van der Waals surface area contributed by atoms with Gasteiger partial charge in [0, 0.05) is 18.7 Å². The summed E-state index contributed by atoms with van der Waals surface area (Å²) in [7, 11) is 0. The number of hydrogen-bond acceptors (Lipinski definition) is 3. The Morgan fingerprint density at radius 3 is 2.54 bits per heavy atom. The summed E-state index contributed by atoms with van der Waals surface area (Å²) in [6, 6.07) is 8.26. The Morgan fingerprint density at radius 2 is 1.81 bits per heavy atom. The third-order valence-electron chi connectivity index (χ3n) is 6.12. The predicted octanol–water partition coefficient (Wildman–Crippen LogP) is 3.85. The van der Waals surface area contributed by atoms with Crippen molar-refractivity contribution in [2.75, 3.05) is 26.2 Å². The van der Waals surface area contributed by atoms with Crippen molar-refractivity contribution >= 4 is 5.91 Å². The van der Waals surface area contributed by atoms with Crippen molar-refractivity contribution in [1.82, 2.24) is 9.80 Å². The number of carbonyl (C=O) groups excluding carboxylic acids is 1. The van der Waals surface area contributed by atoms with E-state index in [1.54, 1.807) is 0 Å². The fourth-order valence-electron chi connectivity index (χ4n) is 5.12. The van der Waals surface area contributed by atoms with Crippen molar-refractivity contribution in [3.63, 3.8) is 0 Å². The van der Waals surface area contributed by atoms with Gasteiger partial charge in [-0.3, -0.25) is 9.69 Å². The average Bonchev–Trinajstić information content (AvgIpc) is 3.25. The van der Waals surface area contributed by atoms with Gasteiger partial charge >= 0.3 is 0 Å². The van der Waals surface area contributed by atoms with Crippen LogP contribution < -0.4 is 0 Å². The standard InChI is InChI=1S/C22H32N2O2/c1-21(2)16-24(17-22(26-21)10-3-4-11-22)20(25)19-9-7-8-18(14-19)15-23-12-5-6-13-23/h7-9,14H,3-6,10-13,15-17H2,1-2H3. The van der Waals surface area contributed by atoms with E-state index in [0.717, 1.165) is 31.5 Å². The van der Waals surface area contributed by atoms with E-state index >= 15 is 0 Å². The lowest BCUT2D eigenvalue weighted by atomic mass is 9.93. The molecule has 3 fully saturated rings. The van der Waals surface area contributed by atoms with Gasteiger partial charge in [-0.1, -0.05) is 25.0 Å². The lowest BCUT2D eigenvalue weighted by Crippen LogP contribution is -2.60. The number of likely N-dealkylation sites (tertiary alicyclic amines) is 1. The number of hydrogen-bond donors (Lipinski definition) is 0. The SMILES string of the molecule is CC1(C)CN(C(=O)c2cccc(CN3CCCC3)c2)CC2(CCCC2)O1. The van der Waals surface area contributed by atoms with Gasteiger partial charge in [-0.05, 0) is 70.3 Å². The minimum Gasteiger partial charge on any atom is -0.365 e. The van der Waals surface area contributed by atoms with Gasteiger partial charge < -0.3 is 9.64 Å². The average molecular weight is 357 g/mol. The Bertz CT molecular complexity index is 658. The van der Waals surface area contributed by atoms with Gasteiger partial charge in [-0.2, -0.15) is 0 Å². The summed E-state index contributed by atoms with van der Waals surface area (Å²) in [4.78, 5) is 17.8. The van der Waals surface area contributed by atoms with Crippen molar-refractivity contribution in [2.24, 2.45) is 0 Å². The minimum absolute atomic E-state index is 0.120. The van der Waals surface area contributed by atoms with E-state index in [9.17, 15) is 4.79 Å². The number of amides is 1. The van der Waals surface area contributed by atoms with Crippen LogP contribution in [-0.4, -0.2) is 53.1 Å². The molecule has 0 bridgehead atoms. The zero-order valence-corrected chi connectivity index (χ0v) is 16.3. The molecule has 1 saturated carbocycles. The predicted molar refractivity (Wildman–Crippen MR) is 103 cm³/mol. The first-order valence-electron chi connectivity index (χ1n) is 10.3. The Kier molecular flexibility index (Phi) is 4.83. The van der Waals surface area contributed by atoms with Crippen molar-refractivity contribution in [2.45, 2.75) is 70.1 Å². The lowest BCUT2D eigenvalue weighted by molar-refractivity contribution is -0.184. The molecule has 2 heterocycles. The highest BCUT2D eigenvalue weighted by Crippen LogP contribution is 2.41.